The predicted molar refractivity (Wildman–Crippen MR) is 135 cm³/mol. The van der Waals surface area contributed by atoms with Crippen molar-refractivity contribution in [3.63, 3.8) is 0 Å². The maximum Gasteiger partial charge on any atom is 0.247 e. The van der Waals surface area contributed by atoms with Crippen molar-refractivity contribution in [2.75, 3.05) is 26.8 Å². The number of hydroxylamine groups is 2. The molecule has 2 aromatic rings. The van der Waals surface area contributed by atoms with Crippen LogP contribution in [0.15, 0.2) is 41.6 Å². The molecule has 4 rings (SSSR count). The fourth-order valence-electron chi connectivity index (χ4n) is 5.44. The monoisotopic (exact) mass is 516 g/mol. The van der Waals surface area contributed by atoms with Gasteiger partial charge < -0.3 is 4.90 Å². The molecule has 0 unspecified atom stereocenters. The molecule has 1 saturated heterocycles. The normalized spacial score (nSPS) is 18.0. The van der Waals surface area contributed by atoms with Crippen molar-refractivity contribution >= 4 is 32.6 Å². The minimum atomic E-state index is -4.00. The third kappa shape index (κ3) is 6.04. The van der Waals surface area contributed by atoms with Crippen molar-refractivity contribution < 1.29 is 23.2 Å². The third-order valence-corrected chi connectivity index (χ3v) is 9.33. The first-order valence-corrected chi connectivity index (χ1v) is 14.3. The Morgan fingerprint density at radius 2 is 1.83 bits per heavy atom. The number of hydrogen-bond acceptors (Lipinski definition) is 6. The van der Waals surface area contributed by atoms with Crippen LogP contribution in [0, 0.1) is 11.8 Å². The summed E-state index contributed by atoms with van der Waals surface area (Å²) in [7, 11) is -2.68. The van der Waals surface area contributed by atoms with Gasteiger partial charge in [-0.05, 0) is 43.7 Å². The molecule has 36 heavy (non-hydrogen) atoms. The second-order valence-electron chi connectivity index (χ2n) is 10.1. The maximum atomic E-state index is 13.3. The van der Waals surface area contributed by atoms with E-state index in [9.17, 15) is 23.2 Å². The van der Waals surface area contributed by atoms with E-state index in [1.807, 2.05) is 4.90 Å². The average Bonchev–Trinajstić information content (AvgIpc) is 3.41. The molecule has 2 amide bonds. The standard InChI is InChI=1S/C26H36N4O5S/c1-28(36(34,35)24-11-7-10-21-18-27-13-12-23(21)24)19-30(33)25(31)17-22(16-20-8-3-4-9-20)26(32)29-14-5-2-6-15-29/h7,10-13,18,20,22,33H,2-6,8-9,14-17,19H2,1H3/t22-/m1/s1. The number of pyridine rings is 1. The molecule has 0 bridgehead atoms. The molecule has 2 heterocycles. The highest BCUT2D eigenvalue weighted by atomic mass is 32.2. The van der Waals surface area contributed by atoms with Gasteiger partial charge in [0.15, 0.2) is 0 Å². The molecule has 0 spiro atoms. The van der Waals surface area contributed by atoms with Gasteiger partial charge >= 0.3 is 0 Å². The lowest BCUT2D eigenvalue weighted by atomic mass is 9.89. The first-order valence-electron chi connectivity index (χ1n) is 12.8. The van der Waals surface area contributed by atoms with Gasteiger partial charge in [0.1, 0.15) is 6.67 Å². The van der Waals surface area contributed by atoms with Gasteiger partial charge in [-0.2, -0.15) is 4.31 Å². The van der Waals surface area contributed by atoms with Crippen LogP contribution in [0.25, 0.3) is 10.8 Å². The number of aromatic nitrogens is 1. The zero-order valence-corrected chi connectivity index (χ0v) is 21.7. The van der Waals surface area contributed by atoms with Crippen molar-refractivity contribution in [1.82, 2.24) is 19.3 Å². The summed E-state index contributed by atoms with van der Waals surface area (Å²) >= 11 is 0. The molecule has 10 heteroatoms. The molecule has 1 aliphatic carbocycles. The number of benzene rings is 1. The number of likely N-dealkylation sites (tertiary alicyclic amines) is 1. The minimum absolute atomic E-state index is 0.0197. The van der Waals surface area contributed by atoms with E-state index in [-0.39, 0.29) is 17.2 Å². The summed E-state index contributed by atoms with van der Waals surface area (Å²) in [6.45, 7) is 0.883. The zero-order valence-electron chi connectivity index (χ0n) is 20.9. The molecule has 2 aliphatic rings. The summed E-state index contributed by atoms with van der Waals surface area (Å²) in [6.07, 6.45) is 11.0. The summed E-state index contributed by atoms with van der Waals surface area (Å²) in [6, 6.07) is 6.52. The van der Waals surface area contributed by atoms with Gasteiger partial charge in [-0.3, -0.25) is 19.8 Å². The van der Waals surface area contributed by atoms with Crippen LogP contribution < -0.4 is 0 Å². The molecular formula is C26H36N4O5S. The van der Waals surface area contributed by atoms with Gasteiger partial charge in [0, 0.05) is 55.6 Å². The van der Waals surface area contributed by atoms with Crippen LogP contribution in [0.5, 0.6) is 0 Å². The fourth-order valence-corrected chi connectivity index (χ4v) is 6.75. The Labute approximate surface area is 213 Å². The Hall–Kier alpha value is -2.56. The van der Waals surface area contributed by atoms with E-state index in [1.54, 1.807) is 24.4 Å². The van der Waals surface area contributed by atoms with Gasteiger partial charge in [0.25, 0.3) is 0 Å². The second kappa shape index (κ2) is 11.7. The molecule has 196 valence electrons. The Bertz CT molecular complexity index is 1170. The predicted octanol–water partition coefficient (Wildman–Crippen LogP) is 3.63. The van der Waals surface area contributed by atoms with Crippen molar-refractivity contribution in [2.24, 2.45) is 11.8 Å². The van der Waals surface area contributed by atoms with Gasteiger partial charge in [-0.25, -0.2) is 13.5 Å². The van der Waals surface area contributed by atoms with Crippen molar-refractivity contribution in [1.29, 1.82) is 0 Å². The fraction of sp³-hybridized carbons (Fsp3) is 0.577. The van der Waals surface area contributed by atoms with Crippen LogP contribution in [0.1, 0.15) is 57.8 Å². The molecule has 2 fully saturated rings. The van der Waals surface area contributed by atoms with Gasteiger partial charge in [0.2, 0.25) is 21.8 Å². The first kappa shape index (κ1) is 26.5. The molecule has 1 aromatic heterocycles. The Morgan fingerprint density at radius 3 is 2.56 bits per heavy atom. The summed E-state index contributed by atoms with van der Waals surface area (Å²) in [5, 5.41) is 12.2. The summed E-state index contributed by atoms with van der Waals surface area (Å²) in [5.41, 5.74) is 0. The quantitative estimate of drug-likeness (QED) is 0.310. The SMILES string of the molecule is CN(CN(O)C(=O)C[C@@H](CC1CCCC1)C(=O)N1CCCCC1)S(=O)(=O)c1cccc2cnccc12. The zero-order chi connectivity index (χ0) is 25.7. The van der Waals surface area contributed by atoms with Gasteiger partial charge in [-0.15, -0.1) is 0 Å². The number of nitrogens with zero attached hydrogens (tertiary/aromatic N) is 4. The lowest BCUT2D eigenvalue weighted by molar-refractivity contribution is -0.172. The molecule has 1 saturated carbocycles. The highest BCUT2D eigenvalue weighted by Gasteiger charge is 2.33. The van der Waals surface area contributed by atoms with Crippen LogP contribution in [-0.4, -0.2) is 71.5 Å². The molecular weight excluding hydrogens is 480 g/mol. The Morgan fingerprint density at radius 1 is 1.11 bits per heavy atom. The smallest absolute Gasteiger partial charge is 0.247 e. The largest absolute Gasteiger partial charge is 0.342 e. The first-order chi connectivity index (χ1) is 17.3. The van der Waals surface area contributed by atoms with Crippen LogP contribution in [0.4, 0.5) is 0 Å². The second-order valence-corrected chi connectivity index (χ2v) is 12.1. The lowest BCUT2D eigenvalue weighted by Crippen LogP contribution is -2.44. The Kier molecular flexibility index (Phi) is 8.58. The molecule has 1 aromatic carbocycles. The number of amides is 2. The van der Waals surface area contributed by atoms with Crippen molar-refractivity contribution in [3.05, 3.63) is 36.7 Å². The number of rotatable bonds is 9. The van der Waals surface area contributed by atoms with E-state index in [1.165, 1.54) is 19.3 Å². The Balaban J connectivity index is 1.44. The van der Waals surface area contributed by atoms with E-state index in [4.69, 9.17) is 0 Å². The number of sulfonamides is 1. The van der Waals surface area contributed by atoms with Crippen LogP contribution >= 0.6 is 0 Å². The lowest BCUT2D eigenvalue weighted by Gasteiger charge is -2.32. The van der Waals surface area contributed by atoms with Gasteiger partial charge in [-0.1, -0.05) is 37.8 Å². The van der Waals surface area contributed by atoms with E-state index in [0.717, 1.165) is 49.3 Å². The van der Waals surface area contributed by atoms with E-state index >= 15 is 0 Å². The molecule has 1 aliphatic heterocycles. The number of piperidine rings is 1. The maximum absolute atomic E-state index is 13.3. The van der Waals surface area contributed by atoms with Crippen molar-refractivity contribution in [2.45, 2.75) is 62.7 Å². The van der Waals surface area contributed by atoms with E-state index in [0.29, 0.717) is 41.3 Å². The summed E-state index contributed by atoms with van der Waals surface area (Å²) in [4.78, 5) is 32.3. The third-order valence-electron chi connectivity index (χ3n) is 7.48. The number of carbonyl (C=O) groups is 2. The van der Waals surface area contributed by atoms with E-state index in [2.05, 4.69) is 4.98 Å². The summed E-state index contributed by atoms with van der Waals surface area (Å²) in [5.74, 6) is -0.755. The number of carbonyl (C=O) groups excluding carboxylic acids is 2. The highest BCUT2D eigenvalue weighted by Crippen LogP contribution is 2.33. The van der Waals surface area contributed by atoms with Crippen LogP contribution in [0.3, 0.4) is 0 Å². The molecule has 9 nitrogen and oxygen atoms in total. The van der Waals surface area contributed by atoms with E-state index < -0.39 is 28.5 Å². The van der Waals surface area contributed by atoms with Crippen molar-refractivity contribution in [3.8, 4) is 0 Å². The van der Waals surface area contributed by atoms with Crippen LogP contribution in [0.2, 0.25) is 0 Å². The number of hydrogen-bond donors (Lipinski definition) is 1. The van der Waals surface area contributed by atoms with Gasteiger partial charge in [0.05, 0.1) is 4.90 Å². The number of fused-ring (bicyclic) bond motifs is 1. The summed E-state index contributed by atoms with van der Waals surface area (Å²) < 4.78 is 27.5. The highest BCUT2D eigenvalue weighted by molar-refractivity contribution is 7.89. The minimum Gasteiger partial charge on any atom is -0.342 e. The molecule has 1 N–H and O–H groups in total. The topological polar surface area (TPSA) is 111 Å². The van der Waals surface area contributed by atoms with Crippen LogP contribution in [-0.2, 0) is 19.6 Å². The molecule has 0 radical (unpaired) electrons. The average molecular weight is 517 g/mol. The molecule has 1 atom stereocenters.